The highest BCUT2D eigenvalue weighted by molar-refractivity contribution is 5.79. The Balaban J connectivity index is 1.77. The lowest BCUT2D eigenvalue weighted by atomic mass is 9.84. The Morgan fingerprint density at radius 2 is 2.26 bits per heavy atom. The number of aromatic nitrogens is 2. The zero-order chi connectivity index (χ0) is 13.4. The third-order valence-electron chi connectivity index (χ3n) is 4.22. The fourth-order valence-corrected chi connectivity index (χ4v) is 3.03. The third-order valence-corrected chi connectivity index (χ3v) is 4.22. The van der Waals surface area contributed by atoms with E-state index >= 15 is 0 Å². The Morgan fingerprint density at radius 3 is 2.89 bits per heavy atom. The number of fused-ring (bicyclic) bond motifs is 1. The van der Waals surface area contributed by atoms with Crippen LogP contribution in [0.2, 0.25) is 0 Å². The van der Waals surface area contributed by atoms with Crippen LogP contribution in [-0.4, -0.2) is 52.7 Å². The zero-order valence-electron chi connectivity index (χ0n) is 11.7. The van der Waals surface area contributed by atoms with Gasteiger partial charge in [0.25, 0.3) is 0 Å². The molecule has 1 aliphatic heterocycles. The lowest BCUT2D eigenvalue weighted by Gasteiger charge is -2.38. The molecule has 1 aromatic rings. The second kappa shape index (κ2) is 4.96. The second-order valence-electron chi connectivity index (χ2n) is 6.03. The van der Waals surface area contributed by atoms with Crippen molar-refractivity contribution < 1.29 is 4.79 Å². The quantitative estimate of drug-likeness (QED) is 0.820. The van der Waals surface area contributed by atoms with Crippen molar-refractivity contribution in [3.63, 3.8) is 0 Å². The van der Waals surface area contributed by atoms with Crippen molar-refractivity contribution >= 4 is 5.91 Å². The van der Waals surface area contributed by atoms with Gasteiger partial charge in [-0.3, -0.25) is 9.48 Å². The Labute approximate surface area is 114 Å². The van der Waals surface area contributed by atoms with Crippen LogP contribution in [0.15, 0.2) is 12.3 Å². The van der Waals surface area contributed by atoms with E-state index < -0.39 is 0 Å². The molecular weight excluding hydrogens is 240 g/mol. The molecule has 1 aliphatic carbocycles. The second-order valence-corrected chi connectivity index (χ2v) is 6.03. The lowest BCUT2D eigenvalue weighted by Crippen LogP contribution is -2.47. The van der Waals surface area contributed by atoms with Gasteiger partial charge in [0, 0.05) is 25.2 Å². The zero-order valence-corrected chi connectivity index (χ0v) is 11.7. The van der Waals surface area contributed by atoms with Crippen LogP contribution in [-0.2, 0) is 11.3 Å². The molecule has 1 amide bonds. The summed E-state index contributed by atoms with van der Waals surface area (Å²) >= 11 is 0. The lowest BCUT2D eigenvalue weighted by molar-refractivity contribution is -0.140. The van der Waals surface area contributed by atoms with Gasteiger partial charge in [-0.25, -0.2) is 0 Å². The molecule has 0 spiro atoms. The number of likely N-dealkylation sites (N-methyl/N-ethyl adjacent to an activating group) is 1. The molecule has 2 aliphatic rings. The number of rotatable bonds is 3. The molecular formula is C14H22N4O. The maximum atomic E-state index is 12.4. The molecule has 0 unspecified atom stereocenters. The van der Waals surface area contributed by atoms with Gasteiger partial charge in [0.15, 0.2) is 0 Å². The molecule has 0 N–H and O–H groups in total. The molecule has 104 valence electrons. The van der Waals surface area contributed by atoms with Crippen molar-refractivity contribution in [2.75, 3.05) is 27.2 Å². The monoisotopic (exact) mass is 262 g/mol. The van der Waals surface area contributed by atoms with Crippen LogP contribution in [0.1, 0.15) is 31.0 Å². The van der Waals surface area contributed by atoms with E-state index in [-0.39, 0.29) is 12.0 Å². The standard InChI is InChI=1S/C14H22N4O/c1-16(2)8-13-10-17(14(19)11-4-3-5-11)9-12-6-7-15-18(12)13/h6-7,11,13H,3-5,8-10H2,1-2H3/t13-/m0/s1. The van der Waals surface area contributed by atoms with Gasteiger partial charge in [0.1, 0.15) is 0 Å². The van der Waals surface area contributed by atoms with Gasteiger partial charge in [0.2, 0.25) is 5.91 Å². The highest BCUT2D eigenvalue weighted by atomic mass is 16.2. The molecule has 2 heterocycles. The summed E-state index contributed by atoms with van der Waals surface area (Å²) in [7, 11) is 4.13. The summed E-state index contributed by atoms with van der Waals surface area (Å²) in [4.78, 5) is 16.6. The molecule has 3 rings (SSSR count). The van der Waals surface area contributed by atoms with Gasteiger partial charge in [-0.2, -0.15) is 5.10 Å². The summed E-state index contributed by atoms with van der Waals surface area (Å²) in [5.41, 5.74) is 1.16. The minimum Gasteiger partial charge on any atom is -0.334 e. The molecule has 0 bridgehead atoms. The summed E-state index contributed by atoms with van der Waals surface area (Å²) in [6.45, 7) is 2.44. The highest BCUT2D eigenvalue weighted by Crippen LogP contribution is 2.31. The topological polar surface area (TPSA) is 41.4 Å². The highest BCUT2D eigenvalue weighted by Gasteiger charge is 2.34. The Morgan fingerprint density at radius 1 is 1.47 bits per heavy atom. The van der Waals surface area contributed by atoms with E-state index in [0.717, 1.165) is 38.2 Å². The van der Waals surface area contributed by atoms with E-state index in [9.17, 15) is 4.79 Å². The van der Waals surface area contributed by atoms with E-state index in [1.54, 1.807) is 0 Å². The summed E-state index contributed by atoms with van der Waals surface area (Å²) < 4.78 is 2.09. The summed E-state index contributed by atoms with van der Waals surface area (Å²) in [5, 5.41) is 4.42. The average molecular weight is 262 g/mol. The Bertz CT molecular complexity index is 464. The number of hydrogen-bond donors (Lipinski definition) is 0. The molecule has 1 saturated carbocycles. The van der Waals surface area contributed by atoms with E-state index in [0.29, 0.717) is 5.91 Å². The number of nitrogens with zero attached hydrogens (tertiary/aromatic N) is 4. The van der Waals surface area contributed by atoms with E-state index in [2.05, 4.69) is 28.8 Å². The predicted octanol–water partition coefficient (Wildman–Crippen LogP) is 1.13. The molecule has 1 fully saturated rings. The minimum absolute atomic E-state index is 0.276. The molecule has 0 saturated heterocycles. The van der Waals surface area contributed by atoms with E-state index in [4.69, 9.17) is 0 Å². The predicted molar refractivity (Wildman–Crippen MR) is 72.6 cm³/mol. The summed E-state index contributed by atoms with van der Waals surface area (Å²) in [6.07, 6.45) is 5.21. The molecule has 0 aromatic carbocycles. The van der Waals surface area contributed by atoms with Crippen LogP contribution in [0.5, 0.6) is 0 Å². The first kappa shape index (κ1) is 12.7. The maximum Gasteiger partial charge on any atom is 0.226 e. The first-order chi connectivity index (χ1) is 9.15. The third kappa shape index (κ3) is 2.39. The number of hydrogen-bond acceptors (Lipinski definition) is 3. The molecule has 5 nitrogen and oxygen atoms in total. The van der Waals surface area contributed by atoms with Gasteiger partial charge < -0.3 is 9.80 Å². The normalized spacial score (nSPS) is 23.3. The van der Waals surface area contributed by atoms with Crippen molar-refractivity contribution in [1.29, 1.82) is 0 Å². The minimum atomic E-state index is 0.276. The van der Waals surface area contributed by atoms with Gasteiger partial charge in [-0.1, -0.05) is 6.42 Å². The molecule has 1 aromatic heterocycles. The van der Waals surface area contributed by atoms with Crippen molar-refractivity contribution in [3.8, 4) is 0 Å². The average Bonchev–Trinajstić information content (AvgIpc) is 2.73. The maximum absolute atomic E-state index is 12.4. The van der Waals surface area contributed by atoms with E-state index in [1.807, 2.05) is 17.2 Å². The summed E-state index contributed by atoms with van der Waals surface area (Å²) in [5.74, 6) is 0.636. The first-order valence-electron chi connectivity index (χ1n) is 7.11. The van der Waals surface area contributed by atoms with Gasteiger partial charge >= 0.3 is 0 Å². The van der Waals surface area contributed by atoms with Crippen LogP contribution in [0.3, 0.4) is 0 Å². The number of amides is 1. The fourth-order valence-electron chi connectivity index (χ4n) is 3.03. The molecule has 1 atom stereocenters. The van der Waals surface area contributed by atoms with Crippen LogP contribution >= 0.6 is 0 Å². The largest absolute Gasteiger partial charge is 0.334 e. The van der Waals surface area contributed by atoms with Gasteiger partial charge in [-0.05, 0) is 33.0 Å². The SMILES string of the molecule is CN(C)C[C@H]1CN(C(=O)C2CCC2)Cc2ccnn21. The van der Waals surface area contributed by atoms with Crippen molar-refractivity contribution in [2.45, 2.75) is 31.8 Å². The Kier molecular flexibility index (Phi) is 3.31. The number of carbonyl (C=O) groups excluding carboxylic acids is 1. The van der Waals surface area contributed by atoms with Crippen LogP contribution in [0.25, 0.3) is 0 Å². The molecule has 19 heavy (non-hydrogen) atoms. The summed E-state index contributed by atoms with van der Waals surface area (Å²) in [6, 6.07) is 2.31. The van der Waals surface area contributed by atoms with Crippen LogP contribution in [0, 0.1) is 5.92 Å². The Hall–Kier alpha value is -1.36. The van der Waals surface area contributed by atoms with Gasteiger partial charge in [-0.15, -0.1) is 0 Å². The van der Waals surface area contributed by atoms with Crippen molar-refractivity contribution in [2.24, 2.45) is 5.92 Å². The van der Waals surface area contributed by atoms with Crippen molar-refractivity contribution in [1.82, 2.24) is 19.6 Å². The molecule has 5 heteroatoms. The number of carbonyl (C=O) groups is 1. The first-order valence-corrected chi connectivity index (χ1v) is 7.11. The fraction of sp³-hybridized carbons (Fsp3) is 0.714. The van der Waals surface area contributed by atoms with Crippen LogP contribution in [0.4, 0.5) is 0 Å². The van der Waals surface area contributed by atoms with Gasteiger partial charge in [0.05, 0.1) is 18.3 Å². The smallest absolute Gasteiger partial charge is 0.226 e. The molecule has 0 radical (unpaired) electrons. The van der Waals surface area contributed by atoms with E-state index in [1.165, 1.54) is 6.42 Å². The van der Waals surface area contributed by atoms with Crippen LogP contribution < -0.4 is 0 Å². The van der Waals surface area contributed by atoms with Crippen molar-refractivity contribution in [3.05, 3.63) is 18.0 Å².